The lowest BCUT2D eigenvalue weighted by Crippen LogP contribution is -2.18. The van der Waals surface area contributed by atoms with E-state index in [0.717, 1.165) is 30.4 Å². The Morgan fingerprint density at radius 2 is 1.00 bits per heavy atom. The smallest absolute Gasteiger partial charge is 0.211 e. The molecule has 0 fully saturated rings. The second kappa shape index (κ2) is 22.2. The van der Waals surface area contributed by atoms with Gasteiger partial charge in [0.2, 0.25) is 24.3 Å². The number of isocyanates is 4. The van der Waals surface area contributed by atoms with E-state index in [0.29, 0.717) is 13.1 Å². The van der Waals surface area contributed by atoms with Crippen molar-refractivity contribution < 1.29 is 19.2 Å². The van der Waals surface area contributed by atoms with Gasteiger partial charge in [-0.15, -0.1) is 0 Å². The average molecular weight is 499 g/mol. The summed E-state index contributed by atoms with van der Waals surface area (Å²) in [7, 11) is 0. The van der Waals surface area contributed by atoms with Crippen LogP contribution in [0.25, 0.3) is 0 Å². The Labute approximate surface area is 216 Å². The van der Waals surface area contributed by atoms with Gasteiger partial charge in [0.05, 0.1) is 24.2 Å². The molecule has 1 aromatic carbocycles. The monoisotopic (exact) mass is 498 g/mol. The second-order valence-corrected chi connectivity index (χ2v) is 9.17. The maximum absolute atomic E-state index is 10.4. The Kier molecular flexibility index (Phi) is 21.5. The van der Waals surface area contributed by atoms with Crippen LogP contribution in [0.5, 0.6) is 0 Å². The van der Waals surface area contributed by atoms with Gasteiger partial charge in [0, 0.05) is 0 Å². The lowest BCUT2D eigenvalue weighted by Gasteiger charge is -2.23. The summed E-state index contributed by atoms with van der Waals surface area (Å²) in [5.74, 6) is 0. The SMILES string of the molecule is CC(C)(N=C=O)c1cccc(C(C)(C)N=C=O)c1.CCCCCCCN=C=O.CCCCCN=C=O. The molecule has 1 rings (SSSR count). The lowest BCUT2D eigenvalue weighted by molar-refractivity contribution is 0.512. The van der Waals surface area contributed by atoms with Gasteiger partial charge in [-0.3, -0.25) is 0 Å². The van der Waals surface area contributed by atoms with Crippen LogP contribution >= 0.6 is 0 Å². The Balaban J connectivity index is 0. The topological polar surface area (TPSA) is 118 Å². The molecule has 36 heavy (non-hydrogen) atoms. The van der Waals surface area contributed by atoms with Crippen molar-refractivity contribution in [3.05, 3.63) is 35.4 Å². The van der Waals surface area contributed by atoms with Gasteiger partial charge in [-0.1, -0.05) is 76.6 Å². The molecular weight excluding hydrogens is 456 g/mol. The Morgan fingerprint density at radius 1 is 0.611 bits per heavy atom. The summed E-state index contributed by atoms with van der Waals surface area (Å²) >= 11 is 0. The van der Waals surface area contributed by atoms with Gasteiger partial charge in [0.25, 0.3) is 0 Å². The molecule has 8 nitrogen and oxygen atoms in total. The zero-order valence-corrected chi connectivity index (χ0v) is 22.8. The maximum Gasteiger partial charge on any atom is 0.235 e. The Morgan fingerprint density at radius 3 is 1.39 bits per heavy atom. The van der Waals surface area contributed by atoms with E-state index in [2.05, 4.69) is 33.8 Å². The molecule has 0 amide bonds. The number of benzene rings is 1. The standard InChI is InChI=1S/C14H16N2O2.C8H15NO.C6H11NO/c1-13(2,15-9-17)11-6-5-7-12(8-11)14(3,4)16-10-18;1-2-3-4-5-6-7-9-8-10;1-2-3-4-5-7-6-8/h5-8H,1-4H3;2-7H2,1H3;2-5H2,1H3. The van der Waals surface area contributed by atoms with Gasteiger partial charge < -0.3 is 0 Å². The molecule has 0 atom stereocenters. The van der Waals surface area contributed by atoms with Crippen LogP contribution in [0.4, 0.5) is 0 Å². The molecule has 0 spiro atoms. The molecule has 0 bridgehead atoms. The third-order valence-corrected chi connectivity index (χ3v) is 5.30. The van der Waals surface area contributed by atoms with Crippen molar-refractivity contribution in [1.29, 1.82) is 0 Å². The number of hydrogen-bond donors (Lipinski definition) is 0. The van der Waals surface area contributed by atoms with Gasteiger partial charge in [-0.2, -0.15) is 9.98 Å². The molecule has 1 aromatic rings. The largest absolute Gasteiger partial charge is 0.235 e. The highest BCUT2D eigenvalue weighted by molar-refractivity contribution is 5.41. The van der Waals surface area contributed by atoms with Crippen molar-refractivity contribution >= 4 is 24.3 Å². The molecule has 0 aliphatic rings. The number of rotatable bonds is 14. The quantitative estimate of drug-likeness (QED) is 0.162. The molecule has 0 radical (unpaired) electrons. The fourth-order valence-electron chi connectivity index (χ4n) is 2.96. The van der Waals surface area contributed by atoms with Crippen molar-refractivity contribution in [3.8, 4) is 0 Å². The molecular formula is C28H42N4O4. The van der Waals surface area contributed by atoms with Crippen LogP contribution in [0.15, 0.2) is 44.2 Å². The normalized spacial score (nSPS) is 9.94. The zero-order chi connectivity index (χ0) is 27.7. The van der Waals surface area contributed by atoms with Crippen LogP contribution in [0.3, 0.4) is 0 Å². The van der Waals surface area contributed by atoms with Crippen molar-refractivity contribution in [1.82, 2.24) is 0 Å². The van der Waals surface area contributed by atoms with E-state index in [1.54, 1.807) is 12.2 Å². The molecule has 0 saturated carbocycles. The molecule has 0 N–H and O–H groups in total. The van der Waals surface area contributed by atoms with E-state index in [1.807, 2.05) is 52.0 Å². The summed E-state index contributed by atoms with van der Waals surface area (Å²) in [6, 6.07) is 7.51. The van der Waals surface area contributed by atoms with Gasteiger partial charge in [0.15, 0.2) is 0 Å². The fraction of sp³-hybridized carbons (Fsp3) is 0.643. The number of nitrogens with zero attached hydrogens (tertiary/aromatic N) is 4. The van der Waals surface area contributed by atoms with Crippen LogP contribution in [-0.2, 0) is 30.3 Å². The number of unbranched alkanes of at least 4 members (excludes halogenated alkanes) is 6. The van der Waals surface area contributed by atoms with Crippen LogP contribution < -0.4 is 0 Å². The predicted molar refractivity (Wildman–Crippen MR) is 143 cm³/mol. The number of carbonyl (C=O) groups excluding carboxylic acids is 4. The van der Waals surface area contributed by atoms with Crippen LogP contribution in [-0.4, -0.2) is 37.4 Å². The molecule has 0 heterocycles. The van der Waals surface area contributed by atoms with E-state index >= 15 is 0 Å². The summed E-state index contributed by atoms with van der Waals surface area (Å²) in [6.45, 7) is 12.9. The minimum absolute atomic E-state index is 0.640. The fourth-order valence-corrected chi connectivity index (χ4v) is 2.96. The van der Waals surface area contributed by atoms with E-state index in [-0.39, 0.29) is 0 Å². The molecule has 198 valence electrons. The van der Waals surface area contributed by atoms with Crippen LogP contribution in [0.2, 0.25) is 0 Å². The minimum Gasteiger partial charge on any atom is -0.211 e. The molecule has 0 aliphatic heterocycles. The van der Waals surface area contributed by atoms with E-state index in [4.69, 9.17) is 0 Å². The van der Waals surface area contributed by atoms with E-state index in [9.17, 15) is 19.2 Å². The first-order valence-electron chi connectivity index (χ1n) is 12.5. The Hall–Kier alpha value is -3.26. The second-order valence-electron chi connectivity index (χ2n) is 9.17. The van der Waals surface area contributed by atoms with Crippen molar-refractivity contribution in [2.45, 2.75) is 104 Å². The first-order valence-corrected chi connectivity index (χ1v) is 12.5. The van der Waals surface area contributed by atoms with Gasteiger partial charge >= 0.3 is 0 Å². The van der Waals surface area contributed by atoms with Crippen molar-refractivity contribution in [2.24, 2.45) is 20.0 Å². The van der Waals surface area contributed by atoms with Gasteiger partial charge in [-0.25, -0.2) is 29.2 Å². The highest BCUT2D eigenvalue weighted by Gasteiger charge is 2.24. The van der Waals surface area contributed by atoms with Crippen LogP contribution in [0, 0.1) is 0 Å². The summed E-state index contributed by atoms with van der Waals surface area (Å²) in [5, 5.41) is 0. The highest BCUT2D eigenvalue weighted by atomic mass is 16.1. The van der Waals surface area contributed by atoms with Crippen molar-refractivity contribution in [3.63, 3.8) is 0 Å². The predicted octanol–water partition coefficient (Wildman–Crippen LogP) is 6.63. The first kappa shape index (κ1) is 34.9. The van der Waals surface area contributed by atoms with Gasteiger partial charge in [0.1, 0.15) is 0 Å². The molecule has 0 unspecified atom stereocenters. The van der Waals surface area contributed by atoms with Crippen LogP contribution in [0.1, 0.15) is 104 Å². The summed E-state index contributed by atoms with van der Waals surface area (Å²) < 4.78 is 0. The zero-order valence-electron chi connectivity index (χ0n) is 22.8. The highest BCUT2D eigenvalue weighted by Crippen LogP contribution is 2.30. The summed E-state index contributed by atoms with van der Waals surface area (Å²) in [6.07, 6.45) is 15.6. The molecule has 0 saturated heterocycles. The van der Waals surface area contributed by atoms with E-state index < -0.39 is 11.1 Å². The van der Waals surface area contributed by atoms with Crippen molar-refractivity contribution in [2.75, 3.05) is 13.1 Å². The van der Waals surface area contributed by atoms with Gasteiger partial charge in [-0.05, 0) is 51.7 Å². The third kappa shape index (κ3) is 18.1. The maximum atomic E-state index is 10.4. The lowest BCUT2D eigenvalue weighted by atomic mass is 9.88. The Bertz CT molecular complexity index is 872. The minimum atomic E-state index is -0.640. The molecule has 0 aliphatic carbocycles. The molecule has 0 aromatic heterocycles. The first-order chi connectivity index (χ1) is 17.2. The van der Waals surface area contributed by atoms with E-state index in [1.165, 1.54) is 44.3 Å². The summed E-state index contributed by atoms with van der Waals surface area (Å²) in [5.41, 5.74) is 0.465. The number of hydrogen-bond acceptors (Lipinski definition) is 8. The molecule has 8 heteroatoms. The third-order valence-electron chi connectivity index (χ3n) is 5.30. The number of aliphatic imine (C=N–C) groups is 4. The summed E-state index contributed by atoms with van der Waals surface area (Å²) in [4.78, 5) is 54.3. The average Bonchev–Trinajstić information content (AvgIpc) is 2.85.